The zero-order valence-corrected chi connectivity index (χ0v) is 17.9. The first-order chi connectivity index (χ1) is 12.5. The van der Waals surface area contributed by atoms with Gasteiger partial charge in [0.2, 0.25) is 0 Å². The molecule has 3 rings (SSSR count). The molecule has 1 aliphatic carbocycles. The highest BCUT2D eigenvalue weighted by Gasteiger charge is 2.50. The molecule has 6 heteroatoms. The fraction of sp³-hybridized carbons (Fsp3) is 0.571. The molecule has 2 aliphatic rings. The maximum Gasteiger partial charge on any atom is 0.417 e. The molecule has 146 valence electrons. The Morgan fingerprint density at radius 2 is 1.78 bits per heavy atom. The Balaban J connectivity index is 2.18. The lowest BCUT2D eigenvalue weighted by molar-refractivity contribution is -0.0101. The number of carbonyl (C=O) groups is 2. The summed E-state index contributed by atoms with van der Waals surface area (Å²) in [6.45, 7) is 7.19. The van der Waals surface area contributed by atoms with Crippen LogP contribution in [0.15, 0.2) is 21.4 Å². The second kappa shape index (κ2) is 7.04. The number of fused-ring (bicyclic) bond motifs is 1. The average molecular weight is 436 g/mol. The van der Waals surface area contributed by atoms with Crippen molar-refractivity contribution in [2.75, 3.05) is 0 Å². The van der Waals surface area contributed by atoms with Gasteiger partial charge in [-0.15, -0.1) is 0 Å². The summed E-state index contributed by atoms with van der Waals surface area (Å²) in [5, 5.41) is 0. The molecule has 27 heavy (non-hydrogen) atoms. The molecule has 0 aromatic heterocycles. The van der Waals surface area contributed by atoms with E-state index in [0.717, 1.165) is 37.7 Å². The van der Waals surface area contributed by atoms with Crippen LogP contribution < -0.4 is 5.43 Å². The summed E-state index contributed by atoms with van der Waals surface area (Å²) in [6, 6.07) is 3.21. The van der Waals surface area contributed by atoms with Crippen LogP contribution in [0.25, 0.3) is 0 Å². The molecule has 1 aromatic carbocycles. The number of ether oxygens (including phenoxy) is 1. The molecule has 0 radical (unpaired) electrons. The van der Waals surface area contributed by atoms with Crippen molar-refractivity contribution < 1.29 is 14.3 Å². The van der Waals surface area contributed by atoms with Gasteiger partial charge in [-0.1, -0.05) is 19.3 Å². The molecule has 0 bridgehead atoms. The summed E-state index contributed by atoms with van der Waals surface area (Å²) in [5.74, 6) is -0.354. The Morgan fingerprint density at radius 1 is 1.15 bits per heavy atom. The van der Waals surface area contributed by atoms with E-state index >= 15 is 0 Å². The molecule has 0 N–H and O–H groups in total. The molecule has 0 saturated heterocycles. The van der Waals surface area contributed by atoms with Crippen LogP contribution in [0.3, 0.4) is 0 Å². The van der Waals surface area contributed by atoms with Gasteiger partial charge in [0.15, 0.2) is 5.43 Å². The lowest BCUT2D eigenvalue weighted by atomic mass is 9.73. The van der Waals surface area contributed by atoms with Crippen LogP contribution in [0, 0.1) is 6.92 Å². The second-order valence-electron chi connectivity index (χ2n) is 8.67. The van der Waals surface area contributed by atoms with Gasteiger partial charge in [0.05, 0.1) is 10.0 Å². The molecule has 1 aliphatic heterocycles. The Bertz CT molecular complexity index is 850. The number of imide groups is 1. The summed E-state index contributed by atoms with van der Waals surface area (Å²) in [5.41, 5.74) is 0.418. The van der Waals surface area contributed by atoms with Crippen LogP contribution >= 0.6 is 15.9 Å². The van der Waals surface area contributed by atoms with Gasteiger partial charge in [-0.05, 0) is 86.1 Å². The molecule has 0 unspecified atom stereocenters. The van der Waals surface area contributed by atoms with Crippen LogP contribution in [-0.2, 0) is 11.2 Å². The Labute approximate surface area is 168 Å². The third kappa shape index (κ3) is 3.82. The zero-order chi connectivity index (χ0) is 20.0. The van der Waals surface area contributed by atoms with Crippen molar-refractivity contribution >= 4 is 27.9 Å². The summed E-state index contributed by atoms with van der Waals surface area (Å²) in [6.07, 6.45) is 4.39. The molecule has 2 amide bonds. The first kappa shape index (κ1) is 20.1. The maximum atomic E-state index is 13.5. The lowest BCUT2D eigenvalue weighted by Gasteiger charge is -2.48. The maximum absolute atomic E-state index is 13.5. The quantitative estimate of drug-likeness (QED) is 0.589. The van der Waals surface area contributed by atoms with Crippen LogP contribution in [0.1, 0.15) is 74.4 Å². The highest BCUT2D eigenvalue weighted by Crippen LogP contribution is 2.42. The standard InChI is InChI=1S/C21H26BrNO4/c1-13-10-15(22)16(24)11-14-12-21(8-6-5-7-9-21)23(18(25)17(13)14)19(26)27-20(2,3)4/h10-11H,5-9,12H2,1-4H3. The van der Waals surface area contributed by atoms with Crippen LogP contribution in [-0.4, -0.2) is 28.0 Å². The van der Waals surface area contributed by atoms with E-state index in [0.29, 0.717) is 22.0 Å². The third-order valence-electron chi connectivity index (χ3n) is 5.37. The minimum atomic E-state index is -0.685. The SMILES string of the molecule is Cc1cc(Br)c(=O)cc2c1C(=O)N(C(=O)OC(C)(C)C)C1(CCCCC1)C2. The molecule has 0 atom stereocenters. The monoisotopic (exact) mass is 435 g/mol. The smallest absolute Gasteiger partial charge is 0.417 e. The van der Waals surface area contributed by atoms with Crippen LogP contribution in [0.4, 0.5) is 4.79 Å². The largest absolute Gasteiger partial charge is 0.443 e. The van der Waals surface area contributed by atoms with Gasteiger partial charge in [0, 0.05) is 5.56 Å². The topological polar surface area (TPSA) is 63.7 Å². The summed E-state index contributed by atoms with van der Waals surface area (Å²) in [7, 11) is 0. The highest BCUT2D eigenvalue weighted by molar-refractivity contribution is 9.10. The number of rotatable bonds is 0. The second-order valence-corrected chi connectivity index (χ2v) is 9.52. The molecular formula is C21H26BrNO4. The average Bonchev–Trinajstić information content (AvgIpc) is 2.62. The van der Waals surface area contributed by atoms with Gasteiger partial charge in [0.1, 0.15) is 5.60 Å². The van der Waals surface area contributed by atoms with E-state index in [-0.39, 0.29) is 11.3 Å². The van der Waals surface area contributed by atoms with E-state index < -0.39 is 17.2 Å². The first-order valence-corrected chi connectivity index (χ1v) is 10.2. The first-order valence-electron chi connectivity index (χ1n) is 9.45. The molecule has 5 nitrogen and oxygen atoms in total. The van der Waals surface area contributed by atoms with E-state index in [1.165, 1.54) is 4.90 Å². The van der Waals surface area contributed by atoms with E-state index in [4.69, 9.17) is 4.74 Å². The van der Waals surface area contributed by atoms with Gasteiger partial charge >= 0.3 is 6.09 Å². The van der Waals surface area contributed by atoms with Crippen LogP contribution in [0.5, 0.6) is 0 Å². The fourth-order valence-corrected chi connectivity index (χ4v) is 4.74. The van der Waals surface area contributed by atoms with E-state index in [2.05, 4.69) is 15.9 Å². The number of amides is 2. The molecule has 1 fully saturated rings. The Morgan fingerprint density at radius 3 is 2.37 bits per heavy atom. The number of halogens is 1. The predicted octanol–water partition coefficient (Wildman–Crippen LogP) is 4.75. The van der Waals surface area contributed by atoms with Gasteiger partial charge < -0.3 is 4.74 Å². The van der Waals surface area contributed by atoms with Gasteiger partial charge in [-0.2, -0.15) is 0 Å². The number of aryl methyl sites for hydroxylation is 1. The Hall–Kier alpha value is -1.69. The van der Waals surface area contributed by atoms with Gasteiger partial charge in [-0.25, -0.2) is 9.69 Å². The fourth-order valence-electron chi connectivity index (χ4n) is 4.29. The van der Waals surface area contributed by atoms with Crippen molar-refractivity contribution in [3.63, 3.8) is 0 Å². The van der Waals surface area contributed by atoms with Crippen molar-refractivity contribution in [2.45, 2.75) is 77.4 Å². The van der Waals surface area contributed by atoms with Gasteiger partial charge in [-0.3, -0.25) is 9.59 Å². The van der Waals surface area contributed by atoms with Gasteiger partial charge in [0.25, 0.3) is 5.91 Å². The molecule has 1 spiro atoms. The van der Waals surface area contributed by atoms with E-state index in [9.17, 15) is 14.4 Å². The molecule has 1 heterocycles. The van der Waals surface area contributed by atoms with E-state index in [1.54, 1.807) is 39.8 Å². The number of carbonyl (C=O) groups excluding carboxylic acids is 2. The summed E-state index contributed by atoms with van der Waals surface area (Å²) >= 11 is 3.29. The Kier molecular flexibility index (Phi) is 5.23. The van der Waals surface area contributed by atoms with Crippen molar-refractivity contribution in [1.29, 1.82) is 0 Å². The number of nitrogens with zero attached hydrogens (tertiary/aromatic N) is 1. The minimum absolute atomic E-state index is 0.149. The van der Waals surface area contributed by atoms with Crippen molar-refractivity contribution in [1.82, 2.24) is 4.90 Å². The molecule has 1 aromatic rings. The number of hydrogen-bond donors (Lipinski definition) is 0. The lowest BCUT2D eigenvalue weighted by Crippen LogP contribution is -2.60. The molecular weight excluding hydrogens is 410 g/mol. The summed E-state index contributed by atoms with van der Waals surface area (Å²) < 4.78 is 6.02. The van der Waals surface area contributed by atoms with Crippen molar-refractivity contribution in [3.8, 4) is 0 Å². The normalized spacial score (nSPS) is 19.0. The highest BCUT2D eigenvalue weighted by atomic mass is 79.9. The van der Waals surface area contributed by atoms with Crippen molar-refractivity contribution in [3.05, 3.63) is 43.5 Å². The minimum Gasteiger partial charge on any atom is -0.443 e. The van der Waals surface area contributed by atoms with Crippen molar-refractivity contribution in [2.24, 2.45) is 0 Å². The zero-order valence-electron chi connectivity index (χ0n) is 16.4. The third-order valence-corrected chi connectivity index (χ3v) is 5.99. The summed E-state index contributed by atoms with van der Waals surface area (Å²) in [4.78, 5) is 40.3. The van der Waals surface area contributed by atoms with E-state index in [1.807, 2.05) is 0 Å². The number of hydrogen-bond acceptors (Lipinski definition) is 4. The van der Waals surface area contributed by atoms with Crippen LogP contribution in [0.2, 0.25) is 0 Å². The molecule has 1 saturated carbocycles. The predicted molar refractivity (Wildman–Crippen MR) is 107 cm³/mol.